The molecule has 1 N–H and O–H groups in total. The molecule has 1 aromatic heterocycles. The average molecular weight is 281 g/mol. The lowest BCUT2D eigenvalue weighted by Gasteiger charge is -2.02. The molecule has 0 radical (unpaired) electrons. The number of benzene rings is 2. The van der Waals surface area contributed by atoms with Crippen LogP contribution in [0.25, 0.3) is 11.0 Å². The molecular weight excluding hydrogens is 269 g/mol. The van der Waals surface area contributed by atoms with E-state index in [-0.39, 0.29) is 17.1 Å². The molecule has 0 unspecified atom stereocenters. The second-order valence-corrected chi connectivity index (χ2v) is 5.15. The van der Waals surface area contributed by atoms with Crippen LogP contribution in [0.5, 0.6) is 0 Å². The van der Waals surface area contributed by atoms with Crippen LogP contribution in [0.1, 0.15) is 21.7 Å². The number of carbonyl (C=O) groups excluding carboxylic acids is 1. The smallest absolute Gasteiger partial charge is 0.228 e. The van der Waals surface area contributed by atoms with Gasteiger partial charge in [-0.2, -0.15) is 0 Å². The zero-order chi connectivity index (χ0) is 14.4. The molecule has 3 nitrogen and oxygen atoms in total. The zero-order valence-electron chi connectivity index (χ0n) is 11.2. The summed E-state index contributed by atoms with van der Waals surface area (Å²) < 4.78 is 19.0. The Morgan fingerprint density at radius 1 is 1.19 bits per heavy atom. The van der Waals surface area contributed by atoms with Crippen molar-refractivity contribution in [2.75, 3.05) is 11.9 Å². The fraction of sp³-hybridized carbons (Fsp3) is 0.118. The van der Waals surface area contributed by atoms with Crippen molar-refractivity contribution < 1.29 is 13.6 Å². The van der Waals surface area contributed by atoms with E-state index in [0.717, 1.165) is 18.7 Å². The Bertz CT molecular complexity index is 866. The molecule has 0 saturated carbocycles. The molecular formula is C17H12FNO2. The number of hydrogen-bond acceptors (Lipinski definition) is 3. The molecule has 0 amide bonds. The molecule has 104 valence electrons. The molecule has 2 aromatic carbocycles. The van der Waals surface area contributed by atoms with Crippen LogP contribution >= 0.6 is 0 Å². The summed E-state index contributed by atoms with van der Waals surface area (Å²) in [5.74, 6) is -0.530. The first-order valence-electron chi connectivity index (χ1n) is 6.82. The molecule has 0 bridgehead atoms. The monoisotopic (exact) mass is 281 g/mol. The van der Waals surface area contributed by atoms with Crippen LogP contribution in [0, 0.1) is 5.82 Å². The summed E-state index contributed by atoms with van der Waals surface area (Å²) in [5, 5.41) is 3.83. The van der Waals surface area contributed by atoms with Gasteiger partial charge in [-0.25, -0.2) is 4.39 Å². The predicted molar refractivity (Wildman–Crippen MR) is 78.2 cm³/mol. The summed E-state index contributed by atoms with van der Waals surface area (Å²) in [4.78, 5) is 12.5. The van der Waals surface area contributed by atoms with Crippen LogP contribution in [-0.4, -0.2) is 12.3 Å². The van der Waals surface area contributed by atoms with Gasteiger partial charge in [0.05, 0.1) is 0 Å². The lowest BCUT2D eigenvalue weighted by Crippen LogP contribution is -2.00. The summed E-state index contributed by atoms with van der Waals surface area (Å²) in [6.45, 7) is 0.892. The molecule has 4 rings (SSSR count). The third kappa shape index (κ3) is 1.91. The Hall–Kier alpha value is -2.62. The number of nitrogens with one attached hydrogen (secondary N) is 1. The minimum atomic E-state index is -0.456. The first-order chi connectivity index (χ1) is 10.2. The van der Waals surface area contributed by atoms with Crippen LogP contribution in [-0.2, 0) is 6.42 Å². The number of furan rings is 1. The number of para-hydroxylation sites is 1. The quantitative estimate of drug-likeness (QED) is 0.727. The molecule has 0 atom stereocenters. The van der Waals surface area contributed by atoms with Gasteiger partial charge in [-0.1, -0.05) is 24.3 Å². The highest BCUT2D eigenvalue weighted by Crippen LogP contribution is 2.27. The normalized spacial score (nSPS) is 13.2. The van der Waals surface area contributed by atoms with Gasteiger partial charge in [0, 0.05) is 23.2 Å². The number of fused-ring (bicyclic) bond motifs is 2. The minimum absolute atomic E-state index is 0.125. The number of anilines is 1. The molecule has 0 fully saturated rings. The molecule has 21 heavy (non-hydrogen) atoms. The van der Waals surface area contributed by atoms with E-state index in [4.69, 9.17) is 4.42 Å². The molecule has 0 spiro atoms. The Morgan fingerprint density at radius 2 is 2.10 bits per heavy atom. The fourth-order valence-electron chi connectivity index (χ4n) is 2.71. The van der Waals surface area contributed by atoms with Gasteiger partial charge in [-0.3, -0.25) is 4.79 Å². The minimum Gasteiger partial charge on any atom is -0.449 e. The van der Waals surface area contributed by atoms with Gasteiger partial charge in [-0.05, 0) is 30.2 Å². The maximum absolute atomic E-state index is 13.6. The van der Waals surface area contributed by atoms with Gasteiger partial charge >= 0.3 is 0 Å². The number of ketones is 1. The van der Waals surface area contributed by atoms with Crippen molar-refractivity contribution in [3.8, 4) is 0 Å². The van der Waals surface area contributed by atoms with E-state index in [1.165, 1.54) is 11.6 Å². The summed E-state index contributed by atoms with van der Waals surface area (Å²) >= 11 is 0. The van der Waals surface area contributed by atoms with Crippen molar-refractivity contribution in [2.24, 2.45) is 0 Å². The number of carbonyl (C=O) groups is 1. The van der Waals surface area contributed by atoms with Crippen molar-refractivity contribution in [3.05, 3.63) is 65.2 Å². The third-order valence-electron chi connectivity index (χ3n) is 3.80. The molecule has 0 saturated heterocycles. The summed E-state index contributed by atoms with van der Waals surface area (Å²) in [5.41, 5.74) is 2.87. The van der Waals surface area contributed by atoms with Gasteiger partial charge < -0.3 is 9.73 Å². The maximum Gasteiger partial charge on any atom is 0.228 e. The van der Waals surface area contributed by atoms with Crippen molar-refractivity contribution in [1.29, 1.82) is 0 Å². The summed E-state index contributed by atoms with van der Waals surface area (Å²) in [7, 11) is 0. The van der Waals surface area contributed by atoms with E-state index in [9.17, 15) is 9.18 Å². The average Bonchev–Trinajstić information content (AvgIpc) is 3.12. The lowest BCUT2D eigenvalue weighted by atomic mass is 10.0. The van der Waals surface area contributed by atoms with Crippen molar-refractivity contribution in [2.45, 2.75) is 6.42 Å². The Balaban J connectivity index is 1.77. The van der Waals surface area contributed by atoms with Crippen LogP contribution < -0.4 is 5.32 Å². The van der Waals surface area contributed by atoms with Gasteiger partial charge in [0.2, 0.25) is 5.78 Å². The van der Waals surface area contributed by atoms with Crippen molar-refractivity contribution in [1.82, 2.24) is 0 Å². The van der Waals surface area contributed by atoms with Crippen LogP contribution in [0.3, 0.4) is 0 Å². The maximum atomic E-state index is 13.6. The van der Waals surface area contributed by atoms with Gasteiger partial charge in [0.25, 0.3) is 0 Å². The standard InChI is InChI=1S/C17H12FNO2/c18-13-3-1-2-12-9-15(21-17(12)13)16(20)11-5-4-10-6-7-19-14(10)8-11/h1-5,8-9,19H,6-7H2. The van der Waals surface area contributed by atoms with Gasteiger partial charge in [0.1, 0.15) is 0 Å². The van der Waals surface area contributed by atoms with Gasteiger partial charge in [0.15, 0.2) is 17.2 Å². The topological polar surface area (TPSA) is 42.2 Å². The molecule has 3 aromatic rings. The van der Waals surface area contributed by atoms with E-state index < -0.39 is 5.82 Å². The van der Waals surface area contributed by atoms with Crippen molar-refractivity contribution >= 4 is 22.4 Å². The number of halogens is 1. The van der Waals surface area contributed by atoms with E-state index in [2.05, 4.69) is 5.32 Å². The van der Waals surface area contributed by atoms with Gasteiger partial charge in [-0.15, -0.1) is 0 Å². The second-order valence-electron chi connectivity index (χ2n) is 5.15. The first kappa shape index (κ1) is 12.1. The van der Waals surface area contributed by atoms with Crippen LogP contribution in [0.15, 0.2) is 46.9 Å². The molecule has 1 aliphatic heterocycles. The largest absolute Gasteiger partial charge is 0.449 e. The zero-order valence-corrected chi connectivity index (χ0v) is 11.2. The van der Waals surface area contributed by atoms with E-state index in [1.54, 1.807) is 24.3 Å². The highest BCUT2D eigenvalue weighted by molar-refractivity contribution is 6.09. The highest BCUT2D eigenvalue weighted by atomic mass is 19.1. The Labute approximate surface area is 120 Å². The summed E-state index contributed by atoms with van der Waals surface area (Å²) in [6, 6.07) is 11.8. The SMILES string of the molecule is O=C(c1ccc2c(c1)NCC2)c1cc2cccc(F)c2o1. The number of hydrogen-bond donors (Lipinski definition) is 1. The Morgan fingerprint density at radius 3 is 2.95 bits per heavy atom. The first-order valence-corrected chi connectivity index (χ1v) is 6.82. The predicted octanol–water partition coefficient (Wildman–Crippen LogP) is 3.77. The van der Waals surface area contributed by atoms with E-state index in [0.29, 0.717) is 10.9 Å². The third-order valence-corrected chi connectivity index (χ3v) is 3.80. The van der Waals surface area contributed by atoms with E-state index >= 15 is 0 Å². The number of rotatable bonds is 2. The molecule has 4 heteroatoms. The van der Waals surface area contributed by atoms with Crippen LogP contribution in [0.4, 0.5) is 10.1 Å². The lowest BCUT2D eigenvalue weighted by molar-refractivity contribution is 0.101. The molecule has 1 aliphatic rings. The van der Waals surface area contributed by atoms with E-state index in [1.807, 2.05) is 12.1 Å². The molecule has 0 aliphatic carbocycles. The Kier molecular flexibility index (Phi) is 2.57. The van der Waals surface area contributed by atoms with Crippen LogP contribution in [0.2, 0.25) is 0 Å². The van der Waals surface area contributed by atoms with Crippen molar-refractivity contribution in [3.63, 3.8) is 0 Å². The molecule has 2 heterocycles. The fourth-order valence-corrected chi connectivity index (χ4v) is 2.71. The second kappa shape index (κ2) is 4.45. The highest BCUT2D eigenvalue weighted by Gasteiger charge is 2.18. The summed E-state index contributed by atoms with van der Waals surface area (Å²) in [6.07, 6.45) is 0.972.